The second kappa shape index (κ2) is 9.67. The van der Waals surface area contributed by atoms with Gasteiger partial charge in [-0.05, 0) is 46.3 Å². The average Bonchev–Trinajstić information content (AvgIpc) is 2.56. The van der Waals surface area contributed by atoms with Crippen LogP contribution in [-0.2, 0) is 4.79 Å². The summed E-state index contributed by atoms with van der Waals surface area (Å²) in [7, 11) is 0. The van der Waals surface area contributed by atoms with Crippen molar-refractivity contribution in [2.75, 3.05) is 5.32 Å². The zero-order chi connectivity index (χ0) is 17.2. The molecule has 4 nitrogen and oxygen atoms in total. The molecule has 0 atom stereocenters. The maximum Gasteiger partial charge on any atom is 0.150 e. The van der Waals surface area contributed by atoms with Crippen molar-refractivity contribution in [1.82, 2.24) is 0 Å². The van der Waals surface area contributed by atoms with Gasteiger partial charge in [0.05, 0.1) is 12.5 Å². The van der Waals surface area contributed by atoms with Crippen molar-refractivity contribution in [3.63, 3.8) is 0 Å². The highest BCUT2D eigenvalue weighted by Crippen LogP contribution is 2.26. The number of allylic oxidation sites excluding steroid dienone is 6. The van der Waals surface area contributed by atoms with Gasteiger partial charge in [0, 0.05) is 32.5 Å². The van der Waals surface area contributed by atoms with Gasteiger partial charge in [0.2, 0.25) is 0 Å². The highest BCUT2D eigenvalue weighted by atomic mass is 79.9. The van der Waals surface area contributed by atoms with Crippen LogP contribution in [0.3, 0.4) is 0 Å². The Balaban J connectivity index is 3.02. The van der Waals surface area contributed by atoms with Gasteiger partial charge in [-0.3, -0.25) is 4.79 Å². The summed E-state index contributed by atoms with van der Waals surface area (Å²) in [5.41, 5.74) is 1.48. The molecule has 0 saturated heterocycles. The number of aromatic hydroxyl groups is 1. The predicted octanol–water partition coefficient (Wildman–Crippen LogP) is 4.76. The standard InChI is InChI=1S/C17H14BrClN2O2/c1-12(11-22)16(9-13(19)3-2-8-20)17(18)10-21-14-4-6-15(23)7-5-14/h3-7,9-11,21,23H,1-2H2/b13-3+,16-9+,17-10+. The highest BCUT2D eigenvalue weighted by molar-refractivity contribution is 9.12. The normalized spacial score (nSPS) is 12.5. The molecule has 0 radical (unpaired) electrons. The Morgan fingerprint density at radius 3 is 2.65 bits per heavy atom. The molecule has 0 spiro atoms. The Morgan fingerprint density at radius 1 is 1.43 bits per heavy atom. The first-order valence-electron chi connectivity index (χ1n) is 6.48. The van der Waals surface area contributed by atoms with Crippen molar-refractivity contribution in [2.24, 2.45) is 0 Å². The predicted molar refractivity (Wildman–Crippen MR) is 96.2 cm³/mol. The van der Waals surface area contributed by atoms with Crippen LogP contribution in [0.25, 0.3) is 0 Å². The minimum absolute atomic E-state index is 0.169. The van der Waals surface area contributed by atoms with Crippen molar-refractivity contribution in [1.29, 1.82) is 5.26 Å². The fraction of sp³-hybridized carbons (Fsp3) is 0.0588. The second-order valence-corrected chi connectivity index (χ2v) is 5.63. The van der Waals surface area contributed by atoms with Crippen LogP contribution in [0.1, 0.15) is 6.42 Å². The van der Waals surface area contributed by atoms with Crippen LogP contribution in [0.15, 0.2) is 69.9 Å². The number of nitrogens with zero attached hydrogens (tertiary/aromatic N) is 1. The maximum absolute atomic E-state index is 11.0. The number of benzene rings is 1. The van der Waals surface area contributed by atoms with E-state index in [-0.39, 0.29) is 17.7 Å². The lowest BCUT2D eigenvalue weighted by molar-refractivity contribution is -0.104. The molecule has 0 aliphatic heterocycles. The molecule has 0 fully saturated rings. The van der Waals surface area contributed by atoms with Gasteiger partial charge < -0.3 is 10.4 Å². The zero-order valence-electron chi connectivity index (χ0n) is 12.1. The van der Waals surface area contributed by atoms with Gasteiger partial charge in [-0.15, -0.1) is 0 Å². The largest absolute Gasteiger partial charge is 0.508 e. The number of hydrogen-bond donors (Lipinski definition) is 2. The number of carbonyl (C=O) groups excluding carboxylic acids is 1. The van der Waals surface area contributed by atoms with Crippen molar-refractivity contribution in [3.05, 3.63) is 69.9 Å². The summed E-state index contributed by atoms with van der Waals surface area (Å²) < 4.78 is 0.561. The van der Waals surface area contributed by atoms with Crippen LogP contribution in [0.5, 0.6) is 5.75 Å². The number of nitriles is 1. The topological polar surface area (TPSA) is 73.1 Å². The zero-order valence-corrected chi connectivity index (χ0v) is 14.4. The molecule has 0 aliphatic carbocycles. The average molecular weight is 394 g/mol. The lowest BCUT2D eigenvalue weighted by atomic mass is 10.1. The van der Waals surface area contributed by atoms with Gasteiger partial charge in [-0.25, -0.2) is 0 Å². The summed E-state index contributed by atoms with van der Waals surface area (Å²) in [5, 5.41) is 21.1. The minimum Gasteiger partial charge on any atom is -0.508 e. The van der Waals surface area contributed by atoms with Crippen LogP contribution in [0.2, 0.25) is 0 Å². The number of phenols is 1. The number of rotatable bonds is 7. The van der Waals surface area contributed by atoms with E-state index in [1.54, 1.807) is 36.5 Å². The molecule has 1 rings (SSSR count). The Hall–Kier alpha value is -2.29. The Labute approximate surface area is 148 Å². The van der Waals surface area contributed by atoms with Crippen molar-refractivity contribution in [2.45, 2.75) is 6.42 Å². The summed E-state index contributed by atoms with van der Waals surface area (Å²) in [4.78, 5) is 11.0. The SMILES string of the molecule is C=C(C=O)C(=C\C(Cl)=C/CC#N)/C(Br)=C\Nc1ccc(O)cc1. The summed E-state index contributed by atoms with van der Waals surface area (Å²) in [6.07, 6.45) is 5.50. The smallest absolute Gasteiger partial charge is 0.150 e. The number of nitrogens with one attached hydrogen (secondary N) is 1. The Morgan fingerprint density at radius 2 is 2.09 bits per heavy atom. The molecular weight excluding hydrogens is 380 g/mol. The van der Waals surface area contributed by atoms with E-state index in [2.05, 4.69) is 27.8 Å². The monoisotopic (exact) mass is 392 g/mol. The first-order chi connectivity index (χ1) is 11.0. The molecule has 2 N–H and O–H groups in total. The van der Waals surface area contributed by atoms with E-state index in [0.717, 1.165) is 5.69 Å². The molecule has 1 aromatic rings. The highest BCUT2D eigenvalue weighted by Gasteiger charge is 2.07. The first kappa shape index (κ1) is 18.8. The molecule has 6 heteroatoms. The molecule has 23 heavy (non-hydrogen) atoms. The fourth-order valence-electron chi connectivity index (χ4n) is 1.50. The van der Waals surface area contributed by atoms with E-state index in [4.69, 9.17) is 16.9 Å². The van der Waals surface area contributed by atoms with Crippen molar-refractivity contribution >= 4 is 39.5 Å². The number of anilines is 1. The Bertz CT molecular complexity index is 713. The van der Waals surface area contributed by atoms with E-state index in [9.17, 15) is 9.90 Å². The lowest BCUT2D eigenvalue weighted by Gasteiger charge is -2.07. The van der Waals surface area contributed by atoms with Gasteiger partial charge in [0.25, 0.3) is 0 Å². The second-order valence-electron chi connectivity index (χ2n) is 4.34. The molecule has 0 unspecified atom stereocenters. The van der Waals surface area contributed by atoms with Crippen LogP contribution >= 0.6 is 27.5 Å². The summed E-state index contributed by atoms with van der Waals surface area (Å²) >= 11 is 9.38. The third-order valence-corrected chi connectivity index (χ3v) is 3.57. The summed E-state index contributed by atoms with van der Waals surface area (Å²) in [5.74, 6) is 0.169. The third-order valence-electron chi connectivity index (χ3n) is 2.65. The first-order valence-corrected chi connectivity index (χ1v) is 7.65. The molecule has 0 heterocycles. The van der Waals surface area contributed by atoms with Crippen LogP contribution in [0.4, 0.5) is 5.69 Å². The number of phenolic OH excluding ortho intramolecular Hbond substituents is 1. The molecule has 1 aromatic carbocycles. The van der Waals surface area contributed by atoms with E-state index in [1.807, 2.05) is 6.07 Å². The summed E-state index contributed by atoms with van der Waals surface area (Å²) in [6.45, 7) is 3.68. The van der Waals surface area contributed by atoms with Gasteiger partial charge in [0.1, 0.15) is 12.0 Å². The maximum atomic E-state index is 11.0. The van der Waals surface area contributed by atoms with Gasteiger partial charge in [0.15, 0.2) is 0 Å². The molecule has 0 bridgehead atoms. The molecule has 118 valence electrons. The molecule has 0 saturated carbocycles. The molecule has 0 aliphatic rings. The summed E-state index contributed by atoms with van der Waals surface area (Å²) in [6, 6.07) is 8.45. The number of hydrogen-bond acceptors (Lipinski definition) is 4. The van der Waals surface area contributed by atoms with E-state index < -0.39 is 0 Å². The van der Waals surface area contributed by atoms with Crippen molar-refractivity contribution < 1.29 is 9.90 Å². The Kier molecular flexibility index (Phi) is 7.89. The van der Waals surface area contributed by atoms with E-state index >= 15 is 0 Å². The van der Waals surface area contributed by atoms with E-state index in [0.29, 0.717) is 21.4 Å². The van der Waals surface area contributed by atoms with E-state index in [1.165, 1.54) is 6.08 Å². The minimum atomic E-state index is 0.169. The molecule has 0 aromatic heterocycles. The van der Waals surface area contributed by atoms with Crippen LogP contribution in [0, 0.1) is 11.3 Å². The number of aldehydes is 1. The fourth-order valence-corrected chi connectivity index (χ4v) is 2.17. The van der Waals surface area contributed by atoms with Gasteiger partial charge in [-0.1, -0.05) is 24.3 Å². The van der Waals surface area contributed by atoms with Crippen LogP contribution < -0.4 is 5.32 Å². The molecular formula is C17H14BrClN2O2. The number of halogens is 2. The lowest BCUT2D eigenvalue weighted by Crippen LogP contribution is -1.95. The van der Waals surface area contributed by atoms with Crippen LogP contribution in [-0.4, -0.2) is 11.4 Å². The van der Waals surface area contributed by atoms with Gasteiger partial charge in [-0.2, -0.15) is 5.26 Å². The van der Waals surface area contributed by atoms with Gasteiger partial charge >= 0.3 is 0 Å². The van der Waals surface area contributed by atoms with Crippen molar-refractivity contribution in [3.8, 4) is 11.8 Å². The third kappa shape index (κ3) is 6.55. The quantitative estimate of drug-likeness (QED) is 0.303. The number of carbonyl (C=O) groups is 1. The molecule has 0 amide bonds.